The molecule has 3 rings (SSSR count). The van der Waals surface area contributed by atoms with Gasteiger partial charge in [0.2, 0.25) is 0 Å². The number of morpholine rings is 1. The molecular weight excluding hydrogens is 304 g/mol. The molecule has 5 heteroatoms. The van der Waals surface area contributed by atoms with Gasteiger partial charge in [0.25, 0.3) is 0 Å². The molecular formula is C19H20N2O3. The van der Waals surface area contributed by atoms with Gasteiger partial charge in [-0.1, -0.05) is 18.2 Å². The van der Waals surface area contributed by atoms with Crippen LogP contribution in [-0.4, -0.2) is 43.6 Å². The highest BCUT2D eigenvalue weighted by molar-refractivity contribution is 5.91. The van der Waals surface area contributed by atoms with Gasteiger partial charge in [0.05, 0.1) is 24.5 Å². The third-order valence-electron chi connectivity index (χ3n) is 4.16. The van der Waals surface area contributed by atoms with Crippen LogP contribution in [0.1, 0.15) is 21.5 Å². The molecule has 0 aliphatic carbocycles. The van der Waals surface area contributed by atoms with Gasteiger partial charge >= 0.3 is 5.97 Å². The summed E-state index contributed by atoms with van der Waals surface area (Å²) in [6, 6.07) is 13.3. The lowest BCUT2D eigenvalue weighted by atomic mass is 10.1. The van der Waals surface area contributed by atoms with E-state index in [-0.39, 0.29) is 5.56 Å². The van der Waals surface area contributed by atoms with E-state index >= 15 is 0 Å². The van der Waals surface area contributed by atoms with E-state index in [0.717, 1.165) is 31.9 Å². The van der Waals surface area contributed by atoms with E-state index in [1.807, 2.05) is 18.2 Å². The molecule has 0 spiro atoms. The average Bonchev–Trinajstić information content (AvgIpc) is 2.62. The largest absolute Gasteiger partial charge is 0.478 e. The van der Waals surface area contributed by atoms with Crippen LogP contribution in [-0.2, 0) is 4.74 Å². The number of carboxylic acids is 1. The molecule has 0 amide bonds. The van der Waals surface area contributed by atoms with Crippen molar-refractivity contribution in [1.29, 1.82) is 0 Å². The zero-order chi connectivity index (χ0) is 16.9. The maximum absolute atomic E-state index is 11.2. The van der Waals surface area contributed by atoms with Crippen LogP contribution in [0.2, 0.25) is 0 Å². The Bertz CT molecular complexity index is 748. The van der Waals surface area contributed by atoms with E-state index in [1.165, 1.54) is 5.69 Å². The summed E-state index contributed by atoms with van der Waals surface area (Å²) in [5.74, 6) is -0.931. The van der Waals surface area contributed by atoms with E-state index in [4.69, 9.17) is 9.84 Å². The number of benzene rings is 2. The number of aliphatic imine (C=N–C) groups is 1. The van der Waals surface area contributed by atoms with Crippen molar-refractivity contribution in [3.8, 4) is 0 Å². The Hall–Kier alpha value is -2.66. The number of hydrogen-bond donors (Lipinski definition) is 1. The Morgan fingerprint density at radius 1 is 1.17 bits per heavy atom. The molecule has 1 aliphatic heterocycles. The molecule has 1 fully saturated rings. The zero-order valence-corrected chi connectivity index (χ0v) is 13.6. The number of ether oxygens (including phenoxy) is 1. The first kappa shape index (κ1) is 16.2. The lowest BCUT2D eigenvalue weighted by molar-refractivity contribution is 0.0696. The summed E-state index contributed by atoms with van der Waals surface area (Å²) in [5.41, 5.74) is 3.79. The summed E-state index contributed by atoms with van der Waals surface area (Å²) < 4.78 is 5.37. The minimum atomic E-state index is -0.931. The minimum Gasteiger partial charge on any atom is -0.478 e. The Balaban J connectivity index is 1.75. The molecule has 0 atom stereocenters. The summed E-state index contributed by atoms with van der Waals surface area (Å²) >= 11 is 0. The maximum atomic E-state index is 11.2. The van der Waals surface area contributed by atoms with E-state index in [2.05, 4.69) is 22.0 Å². The average molecular weight is 324 g/mol. The quantitative estimate of drug-likeness (QED) is 0.877. The van der Waals surface area contributed by atoms with Crippen molar-refractivity contribution in [2.75, 3.05) is 31.2 Å². The van der Waals surface area contributed by atoms with Gasteiger partial charge in [-0.05, 0) is 42.3 Å². The van der Waals surface area contributed by atoms with Crippen LogP contribution in [0.25, 0.3) is 0 Å². The van der Waals surface area contributed by atoms with E-state index in [0.29, 0.717) is 11.3 Å². The van der Waals surface area contributed by atoms with Crippen molar-refractivity contribution in [3.63, 3.8) is 0 Å². The Morgan fingerprint density at radius 2 is 1.88 bits per heavy atom. The second-order valence-electron chi connectivity index (χ2n) is 5.70. The highest BCUT2D eigenvalue weighted by atomic mass is 16.5. The molecule has 0 unspecified atom stereocenters. The molecule has 1 heterocycles. The van der Waals surface area contributed by atoms with E-state index < -0.39 is 5.97 Å². The molecule has 1 saturated heterocycles. The molecule has 24 heavy (non-hydrogen) atoms. The number of rotatable bonds is 4. The zero-order valence-electron chi connectivity index (χ0n) is 13.6. The van der Waals surface area contributed by atoms with Gasteiger partial charge in [0.15, 0.2) is 0 Å². The lowest BCUT2D eigenvalue weighted by Crippen LogP contribution is -2.36. The molecule has 0 bridgehead atoms. The summed E-state index contributed by atoms with van der Waals surface area (Å²) in [6.07, 6.45) is 1.76. The van der Waals surface area contributed by atoms with Crippen LogP contribution >= 0.6 is 0 Å². The molecule has 1 N–H and O–H groups in total. The standard InChI is InChI=1S/C19H20N2O3/c1-14-17(19(22)23)3-2-4-18(14)20-13-15-5-7-16(8-6-15)21-9-11-24-12-10-21/h2-8,13H,9-12H2,1H3,(H,22,23). The molecule has 0 radical (unpaired) electrons. The highest BCUT2D eigenvalue weighted by Crippen LogP contribution is 2.22. The number of hydrogen-bond acceptors (Lipinski definition) is 4. The molecule has 2 aromatic rings. The van der Waals surface area contributed by atoms with Crippen LogP contribution in [0.4, 0.5) is 11.4 Å². The highest BCUT2D eigenvalue weighted by Gasteiger charge is 2.11. The molecule has 2 aromatic carbocycles. The fourth-order valence-corrected chi connectivity index (χ4v) is 2.73. The SMILES string of the molecule is Cc1c(N=Cc2ccc(N3CCOCC3)cc2)cccc1C(=O)O. The predicted molar refractivity (Wildman–Crippen MR) is 94.9 cm³/mol. The topological polar surface area (TPSA) is 62.1 Å². The van der Waals surface area contributed by atoms with Gasteiger partial charge in [-0.3, -0.25) is 4.99 Å². The Labute approximate surface area is 141 Å². The number of carbonyl (C=O) groups is 1. The molecule has 1 aliphatic rings. The van der Waals surface area contributed by atoms with Gasteiger partial charge in [0.1, 0.15) is 0 Å². The molecule has 0 saturated carbocycles. The monoisotopic (exact) mass is 324 g/mol. The second-order valence-corrected chi connectivity index (χ2v) is 5.70. The third kappa shape index (κ3) is 3.63. The first-order valence-corrected chi connectivity index (χ1v) is 7.95. The fourth-order valence-electron chi connectivity index (χ4n) is 2.73. The molecule has 0 aromatic heterocycles. The van der Waals surface area contributed by atoms with Crippen molar-refractivity contribution in [2.24, 2.45) is 4.99 Å². The fraction of sp³-hybridized carbons (Fsp3) is 0.263. The van der Waals surface area contributed by atoms with Crippen LogP contribution < -0.4 is 4.90 Å². The van der Waals surface area contributed by atoms with E-state index in [1.54, 1.807) is 25.3 Å². The smallest absolute Gasteiger partial charge is 0.336 e. The van der Waals surface area contributed by atoms with Gasteiger partial charge in [-0.25, -0.2) is 4.79 Å². The summed E-state index contributed by atoms with van der Waals surface area (Å²) in [6.45, 7) is 5.13. The van der Waals surface area contributed by atoms with Crippen molar-refractivity contribution < 1.29 is 14.6 Å². The number of aromatic carboxylic acids is 1. The Morgan fingerprint density at radius 3 is 2.54 bits per heavy atom. The molecule has 124 valence electrons. The first-order valence-electron chi connectivity index (χ1n) is 7.95. The number of carboxylic acid groups (broad SMARTS) is 1. The first-order chi connectivity index (χ1) is 11.6. The summed E-state index contributed by atoms with van der Waals surface area (Å²) in [4.78, 5) is 17.9. The van der Waals surface area contributed by atoms with Gasteiger partial charge in [-0.2, -0.15) is 0 Å². The predicted octanol–water partition coefficient (Wildman–Crippen LogP) is 3.28. The minimum absolute atomic E-state index is 0.285. The number of nitrogens with zero attached hydrogens (tertiary/aromatic N) is 2. The van der Waals surface area contributed by atoms with Crippen molar-refractivity contribution in [2.45, 2.75) is 6.92 Å². The van der Waals surface area contributed by atoms with Crippen LogP contribution in [0.3, 0.4) is 0 Å². The summed E-state index contributed by atoms with van der Waals surface area (Å²) in [7, 11) is 0. The van der Waals surface area contributed by atoms with Gasteiger partial charge in [-0.15, -0.1) is 0 Å². The van der Waals surface area contributed by atoms with Crippen molar-refractivity contribution in [3.05, 3.63) is 59.2 Å². The third-order valence-corrected chi connectivity index (χ3v) is 4.16. The van der Waals surface area contributed by atoms with Crippen molar-refractivity contribution in [1.82, 2.24) is 0 Å². The van der Waals surface area contributed by atoms with Crippen LogP contribution in [0.15, 0.2) is 47.5 Å². The van der Waals surface area contributed by atoms with Crippen LogP contribution in [0.5, 0.6) is 0 Å². The molecule has 5 nitrogen and oxygen atoms in total. The van der Waals surface area contributed by atoms with E-state index in [9.17, 15) is 4.79 Å². The Kier molecular flexibility index (Phi) is 4.91. The van der Waals surface area contributed by atoms with Crippen LogP contribution in [0, 0.1) is 6.92 Å². The van der Waals surface area contributed by atoms with Crippen molar-refractivity contribution >= 4 is 23.6 Å². The maximum Gasteiger partial charge on any atom is 0.336 e. The lowest BCUT2D eigenvalue weighted by Gasteiger charge is -2.28. The number of anilines is 1. The van der Waals surface area contributed by atoms with Gasteiger partial charge in [0, 0.05) is 25.0 Å². The second kappa shape index (κ2) is 7.27. The van der Waals surface area contributed by atoms with Gasteiger partial charge < -0.3 is 14.7 Å². The normalized spacial score (nSPS) is 15.0. The summed E-state index contributed by atoms with van der Waals surface area (Å²) in [5, 5.41) is 9.16.